The van der Waals surface area contributed by atoms with Gasteiger partial charge in [-0.25, -0.2) is 13.2 Å². The number of aromatic hydroxyl groups is 1. The van der Waals surface area contributed by atoms with Crippen LogP contribution in [0.2, 0.25) is 0 Å². The van der Waals surface area contributed by atoms with Crippen molar-refractivity contribution >= 4 is 39.4 Å². The maximum Gasteiger partial charge on any atom is 0.319 e. The molecule has 0 aliphatic carbocycles. The van der Waals surface area contributed by atoms with Crippen LogP contribution >= 0.6 is 0 Å². The van der Waals surface area contributed by atoms with E-state index in [-0.39, 0.29) is 69.5 Å². The van der Waals surface area contributed by atoms with Crippen molar-refractivity contribution in [2.45, 2.75) is 75.8 Å². The number of fused-ring (bicyclic) bond motifs is 5. The van der Waals surface area contributed by atoms with Gasteiger partial charge in [-0.15, -0.1) is 6.42 Å². The van der Waals surface area contributed by atoms with Gasteiger partial charge in [0.15, 0.2) is 11.9 Å². The van der Waals surface area contributed by atoms with E-state index in [2.05, 4.69) is 20.8 Å². The minimum absolute atomic E-state index is 0.0831. The Morgan fingerprint density at radius 3 is 2.64 bits per heavy atom. The number of carbonyl (C=O) groups is 2. The Kier molecular flexibility index (Phi) is 7.58. The van der Waals surface area contributed by atoms with Crippen molar-refractivity contribution < 1.29 is 37.3 Å². The maximum absolute atomic E-state index is 17.1. The first-order chi connectivity index (χ1) is 25.4. The van der Waals surface area contributed by atoms with E-state index in [4.69, 9.17) is 20.9 Å². The van der Waals surface area contributed by atoms with Gasteiger partial charge < -0.3 is 24.4 Å². The number of pyridine rings is 1. The number of amides is 1. The predicted molar refractivity (Wildman–Crippen MR) is 188 cm³/mol. The number of hydrogen-bond acceptors (Lipinski definition) is 10. The number of esters is 1. The molecular weight excluding hydrogens is 689 g/mol. The number of alkyl halides is 1. The average Bonchev–Trinajstić information content (AvgIpc) is 3.75. The first-order valence-corrected chi connectivity index (χ1v) is 18.0. The van der Waals surface area contributed by atoms with E-state index in [9.17, 15) is 23.5 Å². The van der Waals surface area contributed by atoms with E-state index >= 15 is 4.39 Å². The Morgan fingerprint density at radius 2 is 1.92 bits per heavy atom. The third kappa shape index (κ3) is 5.10. The number of cyclic esters (lactones) is 1. The number of carbonyl (C=O) groups excluding carboxylic acids is 2. The van der Waals surface area contributed by atoms with E-state index in [1.165, 1.54) is 30.5 Å². The molecule has 11 nitrogen and oxygen atoms in total. The minimum Gasteiger partial charge on any atom is -0.508 e. The first kappa shape index (κ1) is 33.7. The van der Waals surface area contributed by atoms with E-state index in [1.54, 1.807) is 13.8 Å². The molecule has 2 aromatic carbocycles. The fourth-order valence-corrected chi connectivity index (χ4v) is 9.30. The van der Waals surface area contributed by atoms with Gasteiger partial charge in [0.1, 0.15) is 46.8 Å². The molecule has 2 aromatic heterocycles. The van der Waals surface area contributed by atoms with Crippen LogP contribution in [0.4, 0.5) is 19.0 Å². The van der Waals surface area contributed by atoms with Gasteiger partial charge in [-0.3, -0.25) is 19.5 Å². The number of hydrogen-bond donors (Lipinski definition) is 1. The lowest BCUT2D eigenvalue weighted by Crippen LogP contribution is -2.65. The van der Waals surface area contributed by atoms with Crippen LogP contribution in [0.25, 0.3) is 32.9 Å². The Bertz CT molecular complexity index is 2270. The number of anilines is 1. The van der Waals surface area contributed by atoms with Crippen molar-refractivity contribution in [2.24, 2.45) is 5.41 Å². The van der Waals surface area contributed by atoms with Crippen molar-refractivity contribution in [1.82, 2.24) is 24.8 Å². The zero-order valence-electron chi connectivity index (χ0n) is 29.2. The summed E-state index contributed by atoms with van der Waals surface area (Å²) in [6.45, 7) is 5.34. The molecule has 9 rings (SSSR count). The second-order valence-electron chi connectivity index (χ2n) is 15.6. The lowest BCUT2D eigenvalue weighted by Gasteiger charge is -2.47. The second-order valence-corrected chi connectivity index (χ2v) is 15.6. The predicted octanol–water partition coefficient (Wildman–Crippen LogP) is 4.90. The first-order valence-electron chi connectivity index (χ1n) is 18.0. The zero-order chi connectivity index (χ0) is 37.0. The van der Waals surface area contributed by atoms with Crippen LogP contribution < -0.4 is 9.64 Å². The molecule has 53 heavy (non-hydrogen) atoms. The van der Waals surface area contributed by atoms with Crippen LogP contribution in [0.5, 0.6) is 11.8 Å². The summed E-state index contributed by atoms with van der Waals surface area (Å²) in [7, 11) is 0. The summed E-state index contributed by atoms with van der Waals surface area (Å²) in [6.07, 6.45) is 8.73. The minimum atomic E-state index is -0.976. The molecule has 5 aliphatic rings. The SMILES string of the molecule is C#Cc1c(F)ccc2cc(O)cc(-c3ncc4c(N5C[C@H]6CC[C@@H](C5)N6C(=O)C5OC(=O)C5(C)C)nc(OC[C@@]56CCCN5C[C@H](F)C6)nc4c3F)c12. The summed E-state index contributed by atoms with van der Waals surface area (Å²) in [5.74, 6) is 0.354. The molecule has 274 valence electrons. The number of nitrogens with zero attached hydrogens (tertiary/aromatic N) is 6. The summed E-state index contributed by atoms with van der Waals surface area (Å²) in [5, 5.41) is 11.5. The summed E-state index contributed by atoms with van der Waals surface area (Å²) >= 11 is 0. The smallest absolute Gasteiger partial charge is 0.319 e. The third-order valence-electron chi connectivity index (χ3n) is 12.0. The highest BCUT2D eigenvalue weighted by Crippen LogP contribution is 2.44. The highest BCUT2D eigenvalue weighted by Gasteiger charge is 2.58. The quantitative estimate of drug-likeness (QED) is 0.217. The lowest BCUT2D eigenvalue weighted by molar-refractivity contribution is -0.207. The Balaban J connectivity index is 1.13. The summed E-state index contributed by atoms with van der Waals surface area (Å²) < 4.78 is 58.2. The zero-order valence-corrected chi connectivity index (χ0v) is 29.2. The molecule has 5 atom stereocenters. The van der Waals surface area contributed by atoms with Crippen molar-refractivity contribution in [3.63, 3.8) is 0 Å². The highest BCUT2D eigenvalue weighted by molar-refractivity contribution is 6.03. The van der Waals surface area contributed by atoms with Crippen molar-refractivity contribution in [3.05, 3.63) is 47.7 Å². The molecule has 5 saturated heterocycles. The third-order valence-corrected chi connectivity index (χ3v) is 12.0. The molecule has 0 saturated carbocycles. The average molecular weight is 727 g/mol. The van der Waals surface area contributed by atoms with Crippen LogP contribution in [-0.2, 0) is 14.3 Å². The molecule has 1 amide bonds. The monoisotopic (exact) mass is 726 g/mol. The summed E-state index contributed by atoms with van der Waals surface area (Å²) in [6, 6.07) is 4.80. The van der Waals surface area contributed by atoms with Gasteiger partial charge >= 0.3 is 12.0 Å². The number of piperazine rings is 1. The molecule has 1 unspecified atom stereocenters. The molecule has 4 aromatic rings. The molecule has 2 bridgehead atoms. The fraction of sp³-hybridized carbons (Fsp3) is 0.462. The summed E-state index contributed by atoms with van der Waals surface area (Å²) in [4.78, 5) is 45.5. The van der Waals surface area contributed by atoms with Crippen molar-refractivity contribution in [3.8, 4) is 35.4 Å². The van der Waals surface area contributed by atoms with Gasteiger partial charge in [-0.2, -0.15) is 9.97 Å². The van der Waals surface area contributed by atoms with Gasteiger partial charge in [-0.05, 0) is 69.7 Å². The maximum atomic E-state index is 17.1. The molecular formula is C39H37F3N6O5. The Hall–Kier alpha value is -5.16. The molecule has 14 heteroatoms. The van der Waals surface area contributed by atoms with E-state index < -0.39 is 40.8 Å². The number of phenols is 1. The Labute approximate surface area is 303 Å². The van der Waals surface area contributed by atoms with E-state index in [0.29, 0.717) is 37.3 Å². The second kappa shape index (κ2) is 11.9. The molecule has 5 aliphatic heterocycles. The van der Waals surface area contributed by atoms with Gasteiger partial charge in [0.2, 0.25) is 0 Å². The number of benzene rings is 2. The largest absolute Gasteiger partial charge is 0.508 e. The lowest BCUT2D eigenvalue weighted by atomic mass is 9.80. The van der Waals surface area contributed by atoms with Crippen LogP contribution in [0.3, 0.4) is 0 Å². The number of halogens is 3. The standard InChI is InChI=1S/C39H37F3N6O5/c1-4-25-28(41)9-6-20-12-24(49)13-26(29(20)25)31-30(42)32-27(15-43-31)34(45-37(44-32)52-19-39-10-5-11-47(39)16-21(40)14-39)46-17-22-7-8-23(18-46)48(22)35(50)33-38(2,3)36(51)53-33/h1,6,9,12-13,15,21-23,33,49H,5,7-8,10-11,14,16-19H2,2-3H3/t21-,22-,23+,33?,39+/m1/s1. The van der Waals surface area contributed by atoms with Gasteiger partial charge in [0, 0.05) is 55.3 Å². The number of aromatic nitrogens is 3. The molecule has 0 spiro atoms. The van der Waals surface area contributed by atoms with Crippen LogP contribution in [0, 0.1) is 29.4 Å². The number of terminal acetylenes is 1. The molecule has 5 fully saturated rings. The number of rotatable bonds is 6. The Morgan fingerprint density at radius 1 is 1.15 bits per heavy atom. The van der Waals surface area contributed by atoms with E-state index in [0.717, 1.165) is 32.2 Å². The van der Waals surface area contributed by atoms with Gasteiger partial charge in [0.25, 0.3) is 5.91 Å². The van der Waals surface area contributed by atoms with Crippen molar-refractivity contribution in [2.75, 3.05) is 37.7 Å². The highest BCUT2D eigenvalue weighted by atomic mass is 19.1. The van der Waals surface area contributed by atoms with Crippen LogP contribution in [-0.4, -0.2) is 104 Å². The molecule has 0 radical (unpaired) electrons. The molecule has 1 N–H and O–H groups in total. The van der Waals surface area contributed by atoms with Gasteiger partial charge in [0.05, 0.1) is 16.5 Å². The summed E-state index contributed by atoms with van der Waals surface area (Å²) in [5.41, 5.74) is -1.76. The van der Waals surface area contributed by atoms with Gasteiger partial charge in [-0.1, -0.05) is 12.0 Å². The van der Waals surface area contributed by atoms with Crippen molar-refractivity contribution in [1.29, 1.82) is 0 Å². The topological polar surface area (TPSA) is 121 Å². The molecule has 7 heterocycles. The van der Waals surface area contributed by atoms with Crippen LogP contribution in [0.15, 0.2) is 30.5 Å². The number of phenolic OH excluding ortho intramolecular Hbond substituents is 1. The van der Waals surface area contributed by atoms with Crippen LogP contribution in [0.1, 0.15) is 51.5 Å². The van der Waals surface area contributed by atoms with E-state index in [1.807, 2.05) is 9.80 Å². The fourth-order valence-electron chi connectivity index (χ4n) is 9.30. The normalized spacial score (nSPS) is 27.5. The number of ether oxygens (including phenoxy) is 2.